The minimum Gasteiger partial charge on any atom is -0.396 e. The molecule has 4 unspecified atom stereocenters. The molecule has 2 nitrogen and oxygen atoms in total. The number of hydrogen-bond donors (Lipinski definition) is 2. The molecule has 31 heavy (non-hydrogen) atoms. The summed E-state index contributed by atoms with van der Waals surface area (Å²) in [5, 5.41) is 22.5. The summed E-state index contributed by atoms with van der Waals surface area (Å²) < 4.78 is 0. The van der Waals surface area contributed by atoms with Crippen LogP contribution in [0, 0.1) is 10.8 Å². The minimum atomic E-state index is 0.100. The molecule has 4 heteroatoms. The van der Waals surface area contributed by atoms with Gasteiger partial charge in [0.15, 0.2) is 0 Å². The molecule has 0 bridgehead atoms. The molecule has 2 saturated heterocycles. The summed E-state index contributed by atoms with van der Waals surface area (Å²) in [5.74, 6) is 0. The Morgan fingerprint density at radius 1 is 0.581 bits per heavy atom. The lowest BCUT2D eigenvalue weighted by molar-refractivity contribution is 0.147. The van der Waals surface area contributed by atoms with Crippen molar-refractivity contribution in [2.75, 3.05) is 13.2 Å². The molecule has 0 saturated carbocycles. The van der Waals surface area contributed by atoms with Crippen LogP contribution in [-0.2, 0) is 0 Å². The maximum absolute atomic E-state index is 9.46. The largest absolute Gasteiger partial charge is 0.396 e. The van der Waals surface area contributed by atoms with Crippen molar-refractivity contribution in [1.82, 2.24) is 0 Å². The van der Waals surface area contributed by atoms with E-state index >= 15 is 0 Å². The summed E-state index contributed by atoms with van der Waals surface area (Å²) in [5.41, 5.74) is 0.201. The summed E-state index contributed by atoms with van der Waals surface area (Å²) in [6, 6.07) is 0. The summed E-state index contributed by atoms with van der Waals surface area (Å²) in [6.07, 6.45) is 20.4. The van der Waals surface area contributed by atoms with Gasteiger partial charge in [-0.25, -0.2) is 0 Å². The molecule has 184 valence electrons. The first-order valence-corrected chi connectivity index (χ1v) is 15.1. The van der Waals surface area contributed by atoms with Crippen LogP contribution in [-0.4, -0.2) is 44.4 Å². The van der Waals surface area contributed by atoms with Crippen molar-refractivity contribution in [2.24, 2.45) is 10.8 Å². The Morgan fingerprint density at radius 3 is 1.23 bits per heavy atom. The van der Waals surface area contributed by atoms with Crippen LogP contribution < -0.4 is 0 Å². The molecule has 0 amide bonds. The predicted molar refractivity (Wildman–Crippen MR) is 141 cm³/mol. The van der Waals surface area contributed by atoms with Gasteiger partial charge in [0.05, 0.1) is 0 Å². The average molecular weight is 473 g/mol. The van der Waals surface area contributed by atoms with Gasteiger partial charge < -0.3 is 10.2 Å². The molecule has 2 fully saturated rings. The third kappa shape index (κ3) is 11.5. The normalized spacial score (nSPS) is 28.1. The second-order valence-corrected chi connectivity index (χ2v) is 15.2. The highest BCUT2D eigenvalue weighted by Crippen LogP contribution is 2.40. The molecule has 0 spiro atoms. The lowest BCUT2D eigenvalue weighted by Gasteiger charge is -2.32. The molecule has 2 aliphatic heterocycles. The second-order valence-electron chi connectivity index (χ2n) is 12.0. The van der Waals surface area contributed by atoms with Crippen molar-refractivity contribution < 1.29 is 10.2 Å². The van der Waals surface area contributed by atoms with Gasteiger partial charge in [-0.15, -0.1) is 0 Å². The molecule has 0 aromatic carbocycles. The highest BCUT2D eigenvalue weighted by molar-refractivity contribution is 8.00. The fourth-order valence-electron chi connectivity index (χ4n) is 5.16. The number of aliphatic hydroxyl groups excluding tert-OH is 2. The lowest BCUT2D eigenvalue weighted by Crippen LogP contribution is -2.21. The first-order valence-electron chi connectivity index (χ1n) is 13.3. The third-order valence-electron chi connectivity index (χ3n) is 7.54. The van der Waals surface area contributed by atoms with E-state index in [0.29, 0.717) is 13.2 Å². The fourth-order valence-corrected chi connectivity index (χ4v) is 8.67. The molecule has 0 aromatic rings. The van der Waals surface area contributed by atoms with E-state index in [1.807, 2.05) is 0 Å². The van der Waals surface area contributed by atoms with Crippen LogP contribution in [0.25, 0.3) is 0 Å². The Hall–Kier alpha value is 0.620. The van der Waals surface area contributed by atoms with Crippen molar-refractivity contribution in [3.63, 3.8) is 0 Å². The van der Waals surface area contributed by atoms with Crippen molar-refractivity contribution in [2.45, 2.75) is 145 Å². The highest BCUT2D eigenvalue weighted by atomic mass is 32.2. The first kappa shape index (κ1) is 27.9. The zero-order chi connectivity index (χ0) is 22.7. The monoisotopic (exact) mass is 472 g/mol. The third-order valence-corrected chi connectivity index (χ3v) is 11.0. The maximum Gasteiger partial charge on any atom is 0.0482 e. The van der Waals surface area contributed by atoms with Gasteiger partial charge in [0.1, 0.15) is 0 Å². The standard InChI is InChI=1S/C27H52O2S2/c1-26(2,20-28)18-8-16-24-14-6-12-22(30-24)10-5-11-23-13-7-15-25(31-23)17-9-19-27(3,4)21-29/h22-25,28-29H,5-21H2,1-4H3. The number of hydrogen-bond acceptors (Lipinski definition) is 4. The van der Waals surface area contributed by atoms with Gasteiger partial charge in [0.2, 0.25) is 0 Å². The van der Waals surface area contributed by atoms with E-state index < -0.39 is 0 Å². The van der Waals surface area contributed by atoms with Crippen LogP contribution >= 0.6 is 23.5 Å². The average Bonchev–Trinajstić information content (AvgIpc) is 2.74. The number of thioether (sulfide) groups is 2. The number of rotatable bonds is 14. The summed E-state index contributed by atoms with van der Waals surface area (Å²) in [7, 11) is 0. The van der Waals surface area contributed by atoms with Crippen LogP contribution in [0.2, 0.25) is 0 Å². The summed E-state index contributed by atoms with van der Waals surface area (Å²) >= 11 is 4.61. The smallest absolute Gasteiger partial charge is 0.0482 e. The topological polar surface area (TPSA) is 40.5 Å². The summed E-state index contributed by atoms with van der Waals surface area (Å²) in [4.78, 5) is 0. The van der Waals surface area contributed by atoms with E-state index in [0.717, 1.165) is 33.8 Å². The van der Waals surface area contributed by atoms with Gasteiger partial charge in [-0.1, -0.05) is 59.8 Å². The van der Waals surface area contributed by atoms with E-state index in [4.69, 9.17) is 0 Å². The van der Waals surface area contributed by atoms with Crippen LogP contribution in [0.3, 0.4) is 0 Å². The van der Waals surface area contributed by atoms with E-state index in [2.05, 4.69) is 51.2 Å². The van der Waals surface area contributed by atoms with Gasteiger partial charge >= 0.3 is 0 Å². The quantitative estimate of drug-likeness (QED) is 0.270. The molecule has 0 aromatic heterocycles. The van der Waals surface area contributed by atoms with Gasteiger partial charge in [0, 0.05) is 34.2 Å². The van der Waals surface area contributed by atoms with Crippen LogP contribution in [0.4, 0.5) is 0 Å². The molecule has 0 radical (unpaired) electrons. The molecule has 2 aliphatic rings. The molecule has 2 N–H and O–H groups in total. The van der Waals surface area contributed by atoms with Crippen molar-refractivity contribution >= 4 is 23.5 Å². The zero-order valence-electron chi connectivity index (χ0n) is 21.0. The van der Waals surface area contributed by atoms with Gasteiger partial charge in [-0.05, 0) is 75.0 Å². The maximum atomic E-state index is 9.46. The van der Waals surface area contributed by atoms with Crippen LogP contribution in [0.15, 0.2) is 0 Å². The zero-order valence-corrected chi connectivity index (χ0v) is 22.7. The van der Waals surface area contributed by atoms with Gasteiger partial charge in [0.25, 0.3) is 0 Å². The minimum absolute atomic E-state index is 0.100. The molecular formula is C27H52O2S2. The van der Waals surface area contributed by atoms with Gasteiger partial charge in [-0.2, -0.15) is 23.5 Å². The Kier molecular flexibility index (Phi) is 12.7. The molecule has 2 rings (SSSR count). The molecule has 4 atom stereocenters. The fraction of sp³-hybridized carbons (Fsp3) is 1.00. The highest BCUT2D eigenvalue weighted by Gasteiger charge is 2.26. The van der Waals surface area contributed by atoms with Crippen LogP contribution in [0.1, 0.15) is 124 Å². The van der Waals surface area contributed by atoms with E-state index in [-0.39, 0.29) is 10.8 Å². The number of aliphatic hydroxyl groups is 2. The van der Waals surface area contributed by atoms with E-state index in [1.165, 1.54) is 83.5 Å². The summed E-state index contributed by atoms with van der Waals surface area (Å²) in [6.45, 7) is 9.38. The first-order chi connectivity index (χ1) is 14.7. The van der Waals surface area contributed by atoms with Crippen LogP contribution in [0.5, 0.6) is 0 Å². The molecule has 0 aliphatic carbocycles. The molecule has 2 heterocycles. The van der Waals surface area contributed by atoms with Crippen molar-refractivity contribution in [3.8, 4) is 0 Å². The van der Waals surface area contributed by atoms with Crippen molar-refractivity contribution in [3.05, 3.63) is 0 Å². The Labute approximate surface area is 202 Å². The molecular weight excluding hydrogens is 420 g/mol. The Bertz CT molecular complexity index is 438. The second kappa shape index (κ2) is 14.1. The van der Waals surface area contributed by atoms with Gasteiger partial charge in [-0.3, -0.25) is 0 Å². The SMILES string of the molecule is CC(C)(CO)CCCC1CCCC(CCCC2CCCC(CCCC(C)(C)CO)S2)S1. The lowest BCUT2D eigenvalue weighted by atomic mass is 9.87. The van der Waals surface area contributed by atoms with Crippen molar-refractivity contribution in [1.29, 1.82) is 0 Å². The Morgan fingerprint density at radius 2 is 0.903 bits per heavy atom. The Balaban J connectivity index is 1.59. The van der Waals surface area contributed by atoms with E-state index in [9.17, 15) is 10.2 Å². The predicted octanol–water partition coefficient (Wildman–Crippen LogP) is 7.84. The van der Waals surface area contributed by atoms with E-state index in [1.54, 1.807) is 0 Å².